The first kappa shape index (κ1) is 18.2. The van der Waals surface area contributed by atoms with Crippen molar-refractivity contribution in [3.05, 3.63) is 18.0 Å². The Morgan fingerprint density at radius 1 is 1.32 bits per heavy atom. The largest absolute Gasteiger partial charge is 0.357 e. The fourth-order valence-corrected chi connectivity index (χ4v) is 4.36. The summed E-state index contributed by atoms with van der Waals surface area (Å²) in [6, 6.07) is 0.257. The Labute approximate surface area is 152 Å². The summed E-state index contributed by atoms with van der Waals surface area (Å²) in [7, 11) is 6.20. The first-order chi connectivity index (χ1) is 12.1. The van der Waals surface area contributed by atoms with Gasteiger partial charge in [0, 0.05) is 38.4 Å². The van der Waals surface area contributed by atoms with Crippen LogP contribution in [0.3, 0.4) is 0 Å². The highest BCUT2D eigenvalue weighted by Crippen LogP contribution is 2.36. The molecular formula is C19H34N6. The van der Waals surface area contributed by atoms with E-state index in [2.05, 4.69) is 47.4 Å². The second-order valence-corrected chi connectivity index (χ2v) is 7.83. The Morgan fingerprint density at radius 3 is 2.52 bits per heavy atom. The molecule has 1 aromatic rings. The zero-order valence-corrected chi connectivity index (χ0v) is 16.3. The average Bonchev–Trinajstić information content (AvgIpc) is 3.20. The lowest BCUT2D eigenvalue weighted by Gasteiger charge is -2.25. The van der Waals surface area contributed by atoms with Gasteiger partial charge in [0.2, 0.25) is 0 Å². The summed E-state index contributed by atoms with van der Waals surface area (Å²) >= 11 is 0. The third-order valence-electron chi connectivity index (χ3n) is 5.76. The monoisotopic (exact) mass is 346 g/mol. The topological polar surface area (TPSA) is 48.7 Å². The van der Waals surface area contributed by atoms with E-state index in [4.69, 9.17) is 4.99 Å². The van der Waals surface area contributed by atoms with E-state index in [0.717, 1.165) is 30.9 Å². The van der Waals surface area contributed by atoms with Crippen molar-refractivity contribution in [2.24, 2.45) is 23.9 Å². The van der Waals surface area contributed by atoms with Gasteiger partial charge >= 0.3 is 0 Å². The van der Waals surface area contributed by atoms with Crippen molar-refractivity contribution in [1.82, 2.24) is 24.9 Å². The summed E-state index contributed by atoms with van der Waals surface area (Å²) in [5.74, 6) is 2.84. The number of guanidine groups is 1. The maximum absolute atomic E-state index is 5.01. The van der Waals surface area contributed by atoms with Gasteiger partial charge in [-0.25, -0.2) is 0 Å². The van der Waals surface area contributed by atoms with Gasteiger partial charge in [-0.05, 0) is 45.7 Å². The number of nitrogens with one attached hydrogen (secondary N) is 1. The van der Waals surface area contributed by atoms with E-state index in [9.17, 15) is 0 Å². The fourth-order valence-electron chi connectivity index (χ4n) is 4.36. The van der Waals surface area contributed by atoms with Crippen LogP contribution in [0, 0.1) is 11.8 Å². The Kier molecular flexibility index (Phi) is 5.99. The van der Waals surface area contributed by atoms with Gasteiger partial charge in [-0.1, -0.05) is 12.8 Å². The maximum atomic E-state index is 5.01. The van der Waals surface area contributed by atoms with E-state index in [1.54, 1.807) is 0 Å². The summed E-state index contributed by atoms with van der Waals surface area (Å²) in [6.45, 7) is 6.19. The molecule has 0 radical (unpaired) electrons. The number of hydrogen-bond acceptors (Lipinski definition) is 3. The smallest absolute Gasteiger partial charge is 0.194 e. The number of likely N-dealkylation sites (tertiary alicyclic amines) is 1. The van der Waals surface area contributed by atoms with Gasteiger partial charge < -0.3 is 15.1 Å². The second-order valence-electron chi connectivity index (χ2n) is 7.83. The molecule has 3 rings (SSSR count). The lowest BCUT2D eigenvalue weighted by atomic mass is 9.82. The molecule has 1 saturated heterocycles. The number of fused-ring (bicyclic) bond motifs is 1. The minimum absolute atomic E-state index is 0.257. The van der Waals surface area contributed by atoms with Crippen LogP contribution >= 0.6 is 0 Å². The summed E-state index contributed by atoms with van der Waals surface area (Å²) < 4.78 is 1.87. The summed E-state index contributed by atoms with van der Waals surface area (Å²) in [5, 5.41) is 7.85. The molecule has 2 heterocycles. The number of nitrogens with zero attached hydrogens (tertiary/aromatic N) is 5. The molecule has 0 spiro atoms. The highest BCUT2D eigenvalue weighted by molar-refractivity contribution is 5.80. The summed E-state index contributed by atoms with van der Waals surface area (Å²) in [5.41, 5.74) is 1.22. The van der Waals surface area contributed by atoms with E-state index in [1.165, 1.54) is 44.3 Å². The van der Waals surface area contributed by atoms with Gasteiger partial charge in [-0.15, -0.1) is 0 Å². The second kappa shape index (κ2) is 8.21. The number of rotatable bonds is 5. The fraction of sp³-hybridized carbons (Fsp3) is 0.789. The number of hydrogen-bond donors (Lipinski definition) is 1. The minimum atomic E-state index is 0.257. The molecule has 140 valence electrons. The highest BCUT2D eigenvalue weighted by atomic mass is 15.3. The predicted molar refractivity (Wildman–Crippen MR) is 103 cm³/mol. The number of aliphatic imine (C=N–C) groups is 1. The summed E-state index contributed by atoms with van der Waals surface area (Å²) in [6.07, 6.45) is 9.67. The van der Waals surface area contributed by atoms with Gasteiger partial charge in [-0.3, -0.25) is 9.67 Å². The van der Waals surface area contributed by atoms with E-state index >= 15 is 0 Å². The molecule has 25 heavy (non-hydrogen) atoms. The van der Waals surface area contributed by atoms with Gasteiger partial charge in [0.1, 0.15) is 0 Å². The molecular weight excluding hydrogens is 312 g/mol. The van der Waals surface area contributed by atoms with Crippen LogP contribution in [-0.4, -0.2) is 65.8 Å². The van der Waals surface area contributed by atoms with Gasteiger partial charge in [0.05, 0.1) is 18.8 Å². The average molecular weight is 347 g/mol. The van der Waals surface area contributed by atoms with Crippen molar-refractivity contribution in [3.63, 3.8) is 0 Å². The van der Waals surface area contributed by atoms with Crippen LogP contribution in [0.15, 0.2) is 17.4 Å². The van der Waals surface area contributed by atoms with Crippen molar-refractivity contribution in [2.45, 2.75) is 38.6 Å². The van der Waals surface area contributed by atoms with Crippen LogP contribution in [0.5, 0.6) is 0 Å². The zero-order chi connectivity index (χ0) is 17.8. The number of likely N-dealkylation sites (N-methyl/N-ethyl adjacent to an activating group) is 1. The minimum Gasteiger partial charge on any atom is -0.357 e. The Bertz CT molecular complexity index is 564. The Morgan fingerprint density at radius 2 is 2.00 bits per heavy atom. The van der Waals surface area contributed by atoms with Crippen molar-refractivity contribution in [1.29, 1.82) is 0 Å². The van der Waals surface area contributed by atoms with Gasteiger partial charge in [-0.2, -0.15) is 5.10 Å². The molecule has 0 amide bonds. The van der Waals surface area contributed by atoms with Crippen LogP contribution in [-0.2, 0) is 7.05 Å². The highest BCUT2D eigenvalue weighted by Gasteiger charge is 2.35. The molecule has 2 aliphatic rings. The lowest BCUT2D eigenvalue weighted by molar-refractivity contribution is 0.299. The molecule has 3 atom stereocenters. The van der Waals surface area contributed by atoms with Crippen molar-refractivity contribution < 1.29 is 0 Å². The molecule has 3 unspecified atom stereocenters. The van der Waals surface area contributed by atoms with E-state index in [1.807, 2.05) is 17.9 Å². The third kappa shape index (κ3) is 4.35. The molecule has 1 saturated carbocycles. The molecule has 1 aliphatic carbocycles. The molecule has 1 N–H and O–H groups in total. The standard InChI is InChI=1S/C19H34N6/c1-5-20-19(25-13-15-8-6-7-9-16(15)14-25)21-11-18(23(2)3)17-10-22-24(4)12-17/h10,12,15-16,18H,5-9,11,13-14H2,1-4H3,(H,20,21). The molecule has 6 heteroatoms. The molecule has 0 bridgehead atoms. The van der Waals surface area contributed by atoms with Crippen molar-refractivity contribution in [2.75, 3.05) is 40.3 Å². The molecule has 0 aromatic carbocycles. The van der Waals surface area contributed by atoms with Gasteiger partial charge in [0.25, 0.3) is 0 Å². The Hall–Kier alpha value is -1.56. The van der Waals surface area contributed by atoms with Crippen LogP contribution in [0.1, 0.15) is 44.2 Å². The first-order valence-corrected chi connectivity index (χ1v) is 9.76. The first-order valence-electron chi connectivity index (χ1n) is 9.76. The Balaban J connectivity index is 1.70. The van der Waals surface area contributed by atoms with Crippen LogP contribution in [0.2, 0.25) is 0 Å². The molecule has 1 aliphatic heterocycles. The van der Waals surface area contributed by atoms with Crippen LogP contribution in [0.4, 0.5) is 0 Å². The van der Waals surface area contributed by atoms with Crippen LogP contribution < -0.4 is 5.32 Å². The summed E-state index contributed by atoms with van der Waals surface area (Å²) in [4.78, 5) is 9.74. The SMILES string of the molecule is CCNC(=NCC(c1cnn(C)c1)N(C)C)N1CC2CCCCC2C1. The lowest BCUT2D eigenvalue weighted by Crippen LogP contribution is -2.41. The van der Waals surface area contributed by atoms with Crippen LogP contribution in [0.25, 0.3) is 0 Å². The van der Waals surface area contributed by atoms with E-state index in [0.29, 0.717) is 0 Å². The number of aromatic nitrogens is 2. The maximum Gasteiger partial charge on any atom is 0.194 e. The number of aryl methyl sites for hydroxylation is 1. The molecule has 1 aromatic heterocycles. The van der Waals surface area contributed by atoms with Gasteiger partial charge in [0.15, 0.2) is 5.96 Å². The molecule has 6 nitrogen and oxygen atoms in total. The van der Waals surface area contributed by atoms with E-state index < -0.39 is 0 Å². The van der Waals surface area contributed by atoms with Crippen molar-refractivity contribution in [3.8, 4) is 0 Å². The predicted octanol–water partition coefficient (Wildman–Crippen LogP) is 2.11. The third-order valence-corrected chi connectivity index (χ3v) is 5.76. The molecule has 2 fully saturated rings. The zero-order valence-electron chi connectivity index (χ0n) is 16.3. The van der Waals surface area contributed by atoms with E-state index in [-0.39, 0.29) is 6.04 Å². The normalized spacial score (nSPS) is 25.3. The quantitative estimate of drug-likeness (QED) is 0.655. The van der Waals surface area contributed by atoms with Crippen molar-refractivity contribution >= 4 is 5.96 Å².